The fraction of sp³-hybridized carbons (Fsp3) is 0.125. The first-order valence-corrected chi connectivity index (χ1v) is 9.86. The van der Waals surface area contributed by atoms with E-state index >= 15 is 0 Å². The summed E-state index contributed by atoms with van der Waals surface area (Å²) in [6.07, 6.45) is 1.98. The van der Waals surface area contributed by atoms with Gasteiger partial charge in [-0.1, -0.05) is 72.8 Å². The first-order valence-electron chi connectivity index (χ1n) is 9.86. The Hall–Kier alpha value is -3.35. The number of carbonyl (C=O) groups is 1. The second kappa shape index (κ2) is 8.99. The maximum atomic E-state index is 12.7. The molecule has 1 atom stereocenters. The molecule has 30 heavy (non-hydrogen) atoms. The molecule has 1 amide bonds. The third kappa shape index (κ3) is 4.45. The van der Waals surface area contributed by atoms with Crippen LogP contribution in [-0.4, -0.2) is 29.0 Å². The van der Waals surface area contributed by atoms with E-state index in [9.17, 15) is 14.8 Å². The molecule has 6 heteroatoms. The summed E-state index contributed by atoms with van der Waals surface area (Å²) in [6, 6.07) is 25.1. The van der Waals surface area contributed by atoms with Gasteiger partial charge < -0.3 is 19.8 Å². The van der Waals surface area contributed by atoms with Crippen LogP contribution in [0.5, 0.6) is 0 Å². The molecule has 0 radical (unpaired) electrons. The molecule has 0 aliphatic rings. The molecule has 150 valence electrons. The molecule has 3 aromatic carbocycles. The van der Waals surface area contributed by atoms with Crippen LogP contribution in [0.25, 0.3) is 22.1 Å². The Bertz CT molecular complexity index is 1140. The highest BCUT2D eigenvalue weighted by molar-refractivity contribution is 6.43. The zero-order valence-corrected chi connectivity index (χ0v) is 16.4. The Morgan fingerprint density at radius 2 is 1.60 bits per heavy atom. The van der Waals surface area contributed by atoms with Crippen molar-refractivity contribution in [1.29, 1.82) is 0 Å². The van der Waals surface area contributed by atoms with Crippen LogP contribution in [0.4, 0.5) is 0 Å². The highest BCUT2D eigenvalue weighted by atomic mass is 16.4. The van der Waals surface area contributed by atoms with Crippen molar-refractivity contribution in [3.8, 4) is 11.1 Å². The van der Waals surface area contributed by atoms with E-state index in [-0.39, 0.29) is 18.7 Å². The molecule has 1 unspecified atom stereocenters. The lowest BCUT2D eigenvalue weighted by molar-refractivity contribution is -0.120. The van der Waals surface area contributed by atoms with Crippen molar-refractivity contribution in [2.45, 2.75) is 18.8 Å². The lowest BCUT2D eigenvalue weighted by Gasteiger charge is -2.18. The van der Waals surface area contributed by atoms with Crippen LogP contribution in [0, 0.1) is 0 Å². The van der Waals surface area contributed by atoms with Gasteiger partial charge in [-0.2, -0.15) is 0 Å². The molecular weight excluding hydrogens is 377 g/mol. The summed E-state index contributed by atoms with van der Waals surface area (Å²) < 4.78 is 5.52. The maximum Gasteiger partial charge on any atom is 0.475 e. The zero-order valence-electron chi connectivity index (χ0n) is 16.4. The monoisotopic (exact) mass is 399 g/mol. The molecule has 4 aromatic rings. The normalized spacial score (nSPS) is 11.9. The number of furan rings is 1. The van der Waals surface area contributed by atoms with Gasteiger partial charge in [-0.15, -0.1) is 0 Å². The highest BCUT2D eigenvalue weighted by Crippen LogP contribution is 2.24. The second-order valence-corrected chi connectivity index (χ2v) is 7.25. The molecule has 0 fully saturated rings. The Kier molecular flexibility index (Phi) is 5.98. The van der Waals surface area contributed by atoms with Gasteiger partial charge in [0.2, 0.25) is 5.91 Å². The van der Waals surface area contributed by atoms with Crippen LogP contribution in [0.2, 0.25) is 0 Å². The van der Waals surface area contributed by atoms with E-state index in [4.69, 9.17) is 4.42 Å². The number of carbonyl (C=O) groups excluding carboxylic acids is 1. The largest absolute Gasteiger partial charge is 0.475 e. The molecule has 5 nitrogen and oxygen atoms in total. The average Bonchev–Trinajstić information content (AvgIpc) is 3.17. The highest BCUT2D eigenvalue weighted by Gasteiger charge is 2.27. The van der Waals surface area contributed by atoms with E-state index in [0.29, 0.717) is 0 Å². The summed E-state index contributed by atoms with van der Waals surface area (Å²) in [6.45, 7) is 0. The van der Waals surface area contributed by atoms with Gasteiger partial charge in [-0.3, -0.25) is 4.79 Å². The number of amides is 1. The van der Waals surface area contributed by atoms with Crippen LogP contribution in [0.1, 0.15) is 11.1 Å². The number of hydrogen-bond donors (Lipinski definition) is 3. The Labute approximate surface area is 175 Å². The quantitative estimate of drug-likeness (QED) is 0.416. The molecule has 1 heterocycles. The standard InChI is InChI=1S/C24H22BNO4/c27-24(15-18-10-4-5-11-20(18)17-8-2-1-3-9-17)26-23(25(28)29)14-19-16-30-22-13-7-6-12-21(19)22/h1-13,16,23,28-29H,14-15H2,(H,26,27). The fourth-order valence-corrected chi connectivity index (χ4v) is 3.66. The molecule has 0 saturated heterocycles. The summed E-state index contributed by atoms with van der Waals surface area (Å²) in [4.78, 5) is 12.7. The van der Waals surface area contributed by atoms with E-state index in [1.807, 2.05) is 78.9 Å². The fourth-order valence-electron chi connectivity index (χ4n) is 3.66. The third-order valence-electron chi connectivity index (χ3n) is 5.16. The summed E-state index contributed by atoms with van der Waals surface area (Å²) in [5.74, 6) is -1.12. The van der Waals surface area contributed by atoms with Gasteiger partial charge >= 0.3 is 7.12 Å². The second-order valence-electron chi connectivity index (χ2n) is 7.25. The molecule has 4 rings (SSSR count). The minimum absolute atomic E-state index is 0.139. The average molecular weight is 399 g/mol. The number of fused-ring (bicyclic) bond motifs is 1. The molecule has 0 aliphatic heterocycles. The number of nitrogens with one attached hydrogen (secondary N) is 1. The first-order chi connectivity index (χ1) is 14.6. The van der Waals surface area contributed by atoms with Crippen LogP contribution in [-0.2, 0) is 17.6 Å². The number of benzene rings is 3. The van der Waals surface area contributed by atoms with Gasteiger partial charge in [0.15, 0.2) is 0 Å². The number of hydrogen-bond acceptors (Lipinski definition) is 4. The van der Waals surface area contributed by atoms with Crippen molar-refractivity contribution in [3.63, 3.8) is 0 Å². The minimum atomic E-state index is -1.69. The van der Waals surface area contributed by atoms with E-state index in [0.717, 1.165) is 33.2 Å². The summed E-state index contributed by atoms with van der Waals surface area (Å²) in [5.41, 5.74) is 4.43. The molecule has 3 N–H and O–H groups in total. The van der Waals surface area contributed by atoms with Crippen molar-refractivity contribution in [1.82, 2.24) is 5.32 Å². The molecular formula is C24H22BNO4. The number of para-hydroxylation sites is 1. The van der Waals surface area contributed by atoms with Crippen LogP contribution < -0.4 is 5.32 Å². The summed E-state index contributed by atoms with van der Waals surface area (Å²) in [7, 11) is -1.69. The van der Waals surface area contributed by atoms with Crippen LogP contribution in [0.3, 0.4) is 0 Å². The third-order valence-corrected chi connectivity index (χ3v) is 5.16. The van der Waals surface area contributed by atoms with E-state index in [1.165, 1.54) is 0 Å². The summed E-state index contributed by atoms with van der Waals surface area (Å²) in [5, 5.41) is 23.3. The van der Waals surface area contributed by atoms with Gasteiger partial charge in [0.05, 0.1) is 18.6 Å². The molecule has 0 saturated carbocycles. The topological polar surface area (TPSA) is 82.7 Å². The van der Waals surface area contributed by atoms with Crippen LogP contribution >= 0.6 is 0 Å². The predicted molar refractivity (Wildman–Crippen MR) is 118 cm³/mol. The van der Waals surface area contributed by atoms with Crippen molar-refractivity contribution in [3.05, 3.63) is 96.3 Å². The Morgan fingerprint density at radius 1 is 0.900 bits per heavy atom. The zero-order chi connectivity index (χ0) is 20.9. The van der Waals surface area contributed by atoms with Gasteiger partial charge in [0.25, 0.3) is 0 Å². The van der Waals surface area contributed by atoms with E-state index in [2.05, 4.69) is 5.32 Å². The summed E-state index contributed by atoms with van der Waals surface area (Å²) >= 11 is 0. The number of rotatable bonds is 7. The molecule has 0 aliphatic carbocycles. The molecule has 0 spiro atoms. The van der Waals surface area contributed by atoms with Gasteiger partial charge in [-0.25, -0.2) is 0 Å². The molecule has 0 bridgehead atoms. The molecule has 1 aromatic heterocycles. The van der Waals surface area contributed by atoms with Gasteiger partial charge in [0.1, 0.15) is 5.58 Å². The van der Waals surface area contributed by atoms with Gasteiger partial charge in [-0.05, 0) is 34.7 Å². The SMILES string of the molecule is O=C(Cc1ccccc1-c1ccccc1)NC(Cc1coc2ccccc12)B(O)O. The Morgan fingerprint density at radius 3 is 2.40 bits per heavy atom. The predicted octanol–water partition coefficient (Wildman–Crippen LogP) is 3.38. The lowest BCUT2D eigenvalue weighted by atomic mass is 9.75. The Balaban J connectivity index is 1.50. The van der Waals surface area contributed by atoms with Crippen molar-refractivity contribution >= 4 is 24.0 Å². The van der Waals surface area contributed by atoms with Crippen molar-refractivity contribution < 1.29 is 19.3 Å². The minimum Gasteiger partial charge on any atom is -0.464 e. The van der Waals surface area contributed by atoms with Crippen molar-refractivity contribution in [2.24, 2.45) is 0 Å². The van der Waals surface area contributed by atoms with Crippen LogP contribution in [0.15, 0.2) is 89.5 Å². The van der Waals surface area contributed by atoms with Crippen molar-refractivity contribution in [2.75, 3.05) is 0 Å². The smallest absolute Gasteiger partial charge is 0.464 e. The maximum absolute atomic E-state index is 12.7. The lowest BCUT2D eigenvalue weighted by Crippen LogP contribution is -2.48. The van der Waals surface area contributed by atoms with E-state index < -0.39 is 13.1 Å². The van der Waals surface area contributed by atoms with E-state index in [1.54, 1.807) is 6.26 Å². The first kappa shape index (κ1) is 19.9. The van der Waals surface area contributed by atoms with Gasteiger partial charge in [0, 0.05) is 5.39 Å².